The second kappa shape index (κ2) is 5.69. The Kier molecular flexibility index (Phi) is 3.75. The molecule has 0 radical (unpaired) electrons. The molecule has 2 heterocycles. The SMILES string of the molecule is CCCn1ccc(CN2Cc3cccc(C(=O)O)c3C2)n1. The van der Waals surface area contributed by atoms with Crippen LogP contribution in [-0.4, -0.2) is 25.8 Å². The van der Waals surface area contributed by atoms with Gasteiger partial charge in [0.2, 0.25) is 0 Å². The number of aromatic carboxylic acids is 1. The number of carbonyl (C=O) groups is 1. The molecule has 0 saturated heterocycles. The number of benzene rings is 1. The molecule has 0 bridgehead atoms. The van der Waals surface area contributed by atoms with Crippen LogP contribution in [0.25, 0.3) is 0 Å². The first-order chi connectivity index (χ1) is 10.2. The largest absolute Gasteiger partial charge is 0.478 e. The van der Waals surface area contributed by atoms with Gasteiger partial charge >= 0.3 is 5.97 Å². The highest BCUT2D eigenvalue weighted by molar-refractivity contribution is 5.90. The van der Waals surface area contributed by atoms with Crippen LogP contribution in [0.15, 0.2) is 30.5 Å². The maximum atomic E-state index is 11.3. The molecule has 1 aliphatic heterocycles. The van der Waals surface area contributed by atoms with E-state index in [2.05, 4.69) is 16.9 Å². The van der Waals surface area contributed by atoms with E-state index in [4.69, 9.17) is 0 Å². The highest BCUT2D eigenvalue weighted by atomic mass is 16.4. The van der Waals surface area contributed by atoms with Crippen LogP contribution in [0.5, 0.6) is 0 Å². The minimum absolute atomic E-state index is 0.423. The fraction of sp³-hybridized carbons (Fsp3) is 0.375. The third-order valence-corrected chi connectivity index (χ3v) is 3.81. The Morgan fingerprint density at radius 1 is 1.33 bits per heavy atom. The summed E-state index contributed by atoms with van der Waals surface area (Å²) < 4.78 is 1.96. The number of fused-ring (bicyclic) bond motifs is 1. The van der Waals surface area contributed by atoms with Gasteiger partial charge in [-0.3, -0.25) is 9.58 Å². The average molecular weight is 285 g/mol. The maximum absolute atomic E-state index is 11.3. The van der Waals surface area contributed by atoms with Crippen LogP contribution in [0.1, 0.15) is 40.5 Å². The highest BCUT2D eigenvalue weighted by Gasteiger charge is 2.24. The predicted octanol–water partition coefficient (Wildman–Crippen LogP) is 2.51. The van der Waals surface area contributed by atoms with Crippen molar-refractivity contribution in [2.45, 2.75) is 39.5 Å². The van der Waals surface area contributed by atoms with Crippen molar-refractivity contribution in [2.75, 3.05) is 0 Å². The molecule has 5 heteroatoms. The fourth-order valence-electron chi connectivity index (χ4n) is 2.87. The van der Waals surface area contributed by atoms with Gasteiger partial charge in [-0.05, 0) is 29.7 Å². The van der Waals surface area contributed by atoms with Gasteiger partial charge in [-0.1, -0.05) is 19.1 Å². The van der Waals surface area contributed by atoms with E-state index >= 15 is 0 Å². The molecule has 0 saturated carbocycles. The minimum atomic E-state index is -0.846. The van der Waals surface area contributed by atoms with E-state index in [-0.39, 0.29) is 0 Å². The van der Waals surface area contributed by atoms with Gasteiger partial charge < -0.3 is 5.11 Å². The summed E-state index contributed by atoms with van der Waals surface area (Å²) in [6.45, 7) is 5.29. The molecule has 5 nitrogen and oxygen atoms in total. The molecular formula is C16H19N3O2. The molecule has 3 rings (SSSR count). The van der Waals surface area contributed by atoms with Gasteiger partial charge in [0.15, 0.2) is 0 Å². The summed E-state index contributed by atoms with van der Waals surface area (Å²) in [5, 5.41) is 13.8. The Balaban J connectivity index is 1.72. The molecule has 0 aliphatic carbocycles. The molecule has 2 aromatic rings. The van der Waals surface area contributed by atoms with Gasteiger partial charge in [-0.15, -0.1) is 0 Å². The van der Waals surface area contributed by atoms with Crippen molar-refractivity contribution in [2.24, 2.45) is 0 Å². The Hall–Kier alpha value is -2.14. The molecule has 0 fully saturated rings. The zero-order chi connectivity index (χ0) is 14.8. The van der Waals surface area contributed by atoms with E-state index in [1.165, 1.54) is 0 Å². The molecule has 110 valence electrons. The van der Waals surface area contributed by atoms with E-state index < -0.39 is 5.97 Å². The summed E-state index contributed by atoms with van der Waals surface area (Å²) in [6.07, 6.45) is 3.07. The van der Waals surface area contributed by atoms with Crippen molar-refractivity contribution in [1.29, 1.82) is 0 Å². The number of aryl methyl sites for hydroxylation is 1. The average Bonchev–Trinajstić information content (AvgIpc) is 3.05. The Labute approximate surface area is 123 Å². The van der Waals surface area contributed by atoms with E-state index in [1.54, 1.807) is 6.07 Å². The number of rotatable bonds is 5. The van der Waals surface area contributed by atoms with Crippen molar-refractivity contribution >= 4 is 5.97 Å². The van der Waals surface area contributed by atoms with E-state index in [1.807, 2.05) is 29.1 Å². The number of hydrogen-bond donors (Lipinski definition) is 1. The second-order valence-electron chi connectivity index (χ2n) is 5.46. The van der Waals surface area contributed by atoms with Crippen LogP contribution in [-0.2, 0) is 26.2 Å². The molecule has 0 amide bonds. The smallest absolute Gasteiger partial charge is 0.336 e. The van der Waals surface area contributed by atoms with Gasteiger partial charge in [-0.25, -0.2) is 4.79 Å². The fourth-order valence-corrected chi connectivity index (χ4v) is 2.87. The lowest BCUT2D eigenvalue weighted by Crippen LogP contribution is -2.16. The monoisotopic (exact) mass is 285 g/mol. The van der Waals surface area contributed by atoms with Gasteiger partial charge in [-0.2, -0.15) is 5.10 Å². The number of carboxylic acids is 1. The highest BCUT2D eigenvalue weighted by Crippen LogP contribution is 2.27. The van der Waals surface area contributed by atoms with Gasteiger partial charge in [0.25, 0.3) is 0 Å². The third-order valence-electron chi connectivity index (χ3n) is 3.81. The van der Waals surface area contributed by atoms with Crippen molar-refractivity contribution in [1.82, 2.24) is 14.7 Å². The standard InChI is InChI=1S/C16H19N3O2/c1-2-7-19-8-6-13(17-19)10-18-9-12-4-3-5-14(16(20)21)15(12)11-18/h3-6,8H,2,7,9-11H2,1H3,(H,20,21). The maximum Gasteiger partial charge on any atom is 0.336 e. The first-order valence-corrected chi connectivity index (χ1v) is 7.26. The van der Waals surface area contributed by atoms with Gasteiger partial charge in [0.05, 0.1) is 11.3 Å². The first-order valence-electron chi connectivity index (χ1n) is 7.26. The summed E-state index contributed by atoms with van der Waals surface area (Å²) in [6, 6.07) is 7.55. The van der Waals surface area contributed by atoms with Crippen LogP contribution in [0, 0.1) is 0 Å². The summed E-state index contributed by atoms with van der Waals surface area (Å²) in [4.78, 5) is 13.5. The Bertz CT molecular complexity index is 663. The van der Waals surface area contributed by atoms with Crippen molar-refractivity contribution < 1.29 is 9.90 Å². The quantitative estimate of drug-likeness (QED) is 0.917. The van der Waals surface area contributed by atoms with Crippen LogP contribution in [0.2, 0.25) is 0 Å². The summed E-state index contributed by atoms with van der Waals surface area (Å²) in [7, 11) is 0. The summed E-state index contributed by atoms with van der Waals surface area (Å²) in [5.41, 5.74) is 3.51. The van der Waals surface area contributed by atoms with Crippen molar-refractivity contribution in [3.63, 3.8) is 0 Å². The molecule has 1 N–H and O–H groups in total. The topological polar surface area (TPSA) is 58.4 Å². The van der Waals surface area contributed by atoms with Crippen LogP contribution < -0.4 is 0 Å². The molecule has 1 aromatic heterocycles. The number of carboxylic acid groups (broad SMARTS) is 1. The van der Waals surface area contributed by atoms with E-state index in [0.29, 0.717) is 12.1 Å². The lowest BCUT2D eigenvalue weighted by molar-refractivity contribution is 0.0695. The lowest BCUT2D eigenvalue weighted by Gasteiger charge is -2.12. The first kappa shape index (κ1) is 13.8. The van der Waals surface area contributed by atoms with Crippen molar-refractivity contribution in [3.8, 4) is 0 Å². The Morgan fingerprint density at radius 3 is 2.95 bits per heavy atom. The normalized spacial score (nSPS) is 14.3. The predicted molar refractivity (Wildman–Crippen MR) is 78.9 cm³/mol. The van der Waals surface area contributed by atoms with E-state index in [0.717, 1.165) is 42.9 Å². The molecule has 0 atom stereocenters. The minimum Gasteiger partial charge on any atom is -0.478 e. The third kappa shape index (κ3) is 2.83. The molecule has 0 unspecified atom stereocenters. The van der Waals surface area contributed by atoms with Crippen LogP contribution in [0.3, 0.4) is 0 Å². The molecule has 21 heavy (non-hydrogen) atoms. The van der Waals surface area contributed by atoms with Crippen molar-refractivity contribution in [3.05, 3.63) is 52.8 Å². The summed E-state index contributed by atoms with van der Waals surface area (Å²) >= 11 is 0. The van der Waals surface area contributed by atoms with E-state index in [9.17, 15) is 9.90 Å². The molecule has 1 aliphatic rings. The Morgan fingerprint density at radius 2 is 2.19 bits per heavy atom. The zero-order valence-corrected chi connectivity index (χ0v) is 12.1. The number of nitrogens with zero attached hydrogens (tertiary/aromatic N) is 3. The van der Waals surface area contributed by atoms with Crippen LogP contribution in [0.4, 0.5) is 0 Å². The molecule has 1 aromatic carbocycles. The number of aromatic nitrogens is 2. The second-order valence-corrected chi connectivity index (χ2v) is 5.46. The van der Waals surface area contributed by atoms with Gasteiger partial charge in [0, 0.05) is 32.4 Å². The van der Waals surface area contributed by atoms with Crippen LogP contribution >= 0.6 is 0 Å². The summed E-state index contributed by atoms with van der Waals surface area (Å²) in [5.74, 6) is -0.846. The zero-order valence-electron chi connectivity index (χ0n) is 12.1. The lowest BCUT2D eigenvalue weighted by atomic mass is 10.0. The molecule has 0 spiro atoms. The number of hydrogen-bond acceptors (Lipinski definition) is 3. The molecular weight excluding hydrogens is 266 g/mol. The van der Waals surface area contributed by atoms with Gasteiger partial charge in [0.1, 0.15) is 0 Å².